The zero-order chi connectivity index (χ0) is 15.0. The number of fused-ring (bicyclic) bond motifs is 1. The second-order valence-corrected chi connectivity index (χ2v) is 4.72. The van der Waals surface area contributed by atoms with E-state index in [1.165, 1.54) is 0 Å². The Kier molecular flexibility index (Phi) is 3.15. The van der Waals surface area contributed by atoms with Crippen LogP contribution in [0.25, 0.3) is 11.0 Å². The van der Waals surface area contributed by atoms with Crippen molar-refractivity contribution in [1.82, 2.24) is 25.2 Å². The van der Waals surface area contributed by atoms with E-state index < -0.39 is 11.5 Å². The molecule has 8 nitrogen and oxygen atoms in total. The second-order valence-electron chi connectivity index (χ2n) is 4.28. The zero-order valence-corrected chi connectivity index (χ0v) is 11.2. The topological polar surface area (TPSA) is 114 Å². The number of hydrogen-bond acceptors (Lipinski definition) is 5. The van der Waals surface area contributed by atoms with Crippen LogP contribution in [0.15, 0.2) is 29.1 Å². The lowest BCUT2D eigenvalue weighted by Gasteiger charge is -2.03. The highest BCUT2D eigenvalue weighted by atomic mass is 35.5. The van der Waals surface area contributed by atoms with E-state index >= 15 is 0 Å². The van der Waals surface area contributed by atoms with Gasteiger partial charge >= 0.3 is 5.97 Å². The standard InChI is InChI=1S/C12H8ClN5O3/c13-7-3-1-6(2-4-7)5-18-11(19)9-8(16-17-18)10(12(20)21)15-14-9/h1-4H,5H2,(H,14,15)(H,20,21). The van der Waals surface area contributed by atoms with E-state index in [-0.39, 0.29) is 23.3 Å². The van der Waals surface area contributed by atoms with E-state index in [0.717, 1.165) is 10.2 Å². The number of H-pyrrole nitrogens is 1. The molecule has 9 heteroatoms. The fourth-order valence-electron chi connectivity index (χ4n) is 1.86. The van der Waals surface area contributed by atoms with Gasteiger partial charge in [-0.3, -0.25) is 9.89 Å². The number of carboxylic acids is 1. The lowest BCUT2D eigenvalue weighted by atomic mass is 10.2. The molecular formula is C12H8ClN5O3. The van der Waals surface area contributed by atoms with E-state index in [4.69, 9.17) is 16.7 Å². The summed E-state index contributed by atoms with van der Waals surface area (Å²) in [6.45, 7) is 0.189. The largest absolute Gasteiger partial charge is 0.476 e. The van der Waals surface area contributed by atoms with Crippen molar-refractivity contribution in [3.05, 3.63) is 50.9 Å². The third-order valence-electron chi connectivity index (χ3n) is 2.89. The fourth-order valence-corrected chi connectivity index (χ4v) is 1.99. The number of benzene rings is 1. The number of nitrogens with zero attached hydrogens (tertiary/aromatic N) is 4. The number of rotatable bonds is 3. The molecule has 3 aromatic rings. The van der Waals surface area contributed by atoms with E-state index in [2.05, 4.69) is 20.5 Å². The number of carboxylic acid groups (broad SMARTS) is 1. The maximum absolute atomic E-state index is 12.2. The minimum absolute atomic E-state index is 0.0557. The van der Waals surface area contributed by atoms with Gasteiger partial charge in [-0.2, -0.15) is 5.10 Å². The number of nitrogens with one attached hydrogen (secondary N) is 1. The number of aromatic nitrogens is 5. The van der Waals surface area contributed by atoms with Crippen LogP contribution in [0.3, 0.4) is 0 Å². The minimum Gasteiger partial charge on any atom is -0.476 e. The van der Waals surface area contributed by atoms with Crippen LogP contribution in [0, 0.1) is 0 Å². The summed E-state index contributed by atoms with van der Waals surface area (Å²) in [6, 6.07) is 6.91. The first-order valence-corrected chi connectivity index (χ1v) is 6.23. The Hall–Kier alpha value is -2.74. The molecule has 0 aliphatic carbocycles. The molecule has 0 unspecified atom stereocenters. The third kappa shape index (κ3) is 2.36. The SMILES string of the molecule is O=C(O)c1[nH]nc2c(=O)n(Cc3ccc(Cl)cc3)nnc12. The van der Waals surface area contributed by atoms with Gasteiger partial charge in [0, 0.05) is 5.02 Å². The molecule has 0 aliphatic rings. The summed E-state index contributed by atoms with van der Waals surface area (Å²) in [5, 5.41) is 23.0. The minimum atomic E-state index is -1.25. The molecule has 0 saturated heterocycles. The van der Waals surface area contributed by atoms with Crippen LogP contribution in [0.4, 0.5) is 0 Å². The average Bonchev–Trinajstić information content (AvgIpc) is 2.89. The van der Waals surface area contributed by atoms with Crippen LogP contribution < -0.4 is 5.56 Å². The molecule has 0 fully saturated rings. The van der Waals surface area contributed by atoms with Crippen LogP contribution in [0.5, 0.6) is 0 Å². The summed E-state index contributed by atoms with van der Waals surface area (Å²) in [5.41, 5.74) is -0.0766. The van der Waals surface area contributed by atoms with Gasteiger partial charge in [-0.1, -0.05) is 28.9 Å². The quantitative estimate of drug-likeness (QED) is 0.743. The van der Waals surface area contributed by atoms with Crippen LogP contribution in [0.1, 0.15) is 16.1 Å². The van der Waals surface area contributed by atoms with E-state index in [0.29, 0.717) is 5.02 Å². The number of aromatic amines is 1. The van der Waals surface area contributed by atoms with Crippen molar-refractivity contribution in [2.75, 3.05) is 0 Å². The van der Waals surface area contributed by atoms with E-state index in [9.17, 15) is 9.59 Å². The van der Waals surface area contributed by atoms with E-state index in [1.54, 1.807) is 24.3 Å². The summed E-state index contributed by atoms with van der Waals surface area (Å²) >= 11 is 5.79. The van der Waals surface area contributed by atoms with Gasteiger partial charge in [0.1, 0.15) is 0 Å². The zero-order valence-electron chi connectivity index (χ0n) is 10.4. The summed E-state index contributed by atoms with van der Waals surface area (Å²) in [7, 11) is 0. The first kappa shape index (κ1) is 13.3. The highest BCUT2D eigenvalue weighted by Crippen LogP contribution is 2.11. The molecule has 0 bridgehead atoms. The molecule has 1 aromatic carbocycles. The summed E-state index contributed by atoms with van der Waals surface area (Å²) in [4.78, 5) is 23.1. The lowest BCUT2D eigenvalue weighted by molar-refractivity contribution is 0.0692. The Balaban J connectivity index is 2.04. The molecule has 0 saturated carbocycles. The fraction of sp³-hybridized carbons (Fsp3) is 0.0833. The van der Waals surface area contributed by atoms with Gasteiger partial charge in [-0.05, 0) is 17.7 Å². The van der Waals surface area contributed by atoms with Gasteiger partial charge in [0.25, 0.3) is 5.56 Å². The number of halogens is 1. The maximum Gasteiger partial charge on any atom is 0.356 e. The maximum atomic E-state index is 12.2. The molecule has 0 spiro atoms. The van der Waals surface area contributed by atoms with Crippen molar-refractivity contribution < 1.29 is 9.90 Å². The molecule has 2 aromatic heterocycles. The van der Waals surface area contributed by atoms with Crippen LogP contribution in [0.2, 0.25) is 5.02 Å². The summed E-state index contributed by atoms with van der Waals surface area (Å²) in [5.74, 6) is -1.25. The molecule has 0 aliphatic heterocycles. The van der Waals surface area contributed by atoms with Gasteiger partial charge in [0.05, 0.1) is 6.54 Å². The molecule has 3 rings (SSSR count). The predicted molar refractivity (Wildman–Crippen MR) is 73.5 cm³/mol. The molecule has 0 atom stereocenters. The van der Waals surface area contributed by atoms with Crippen LogP contribution in [-0.2, 0) is 6.54 Å². The molecule has 2 N–H and O–H groups in total. The van der Waals surface area contributed by atoms with Crippen molar-refractivity contribution in [2.45, 2.75) is 6.54 Å². The monoisotopic (exact) mass is 305 g/mol. The molecular weight excluding hydrogens is 298 g/mol. The van der Waals surface area contributed by atoms with Gasteiger partial charge < -0.3 is 5.11 Å². The number of aromatic carboxylic acids is 1. The van der Waals surface area contributed by atoms with Gasteiger partial charge in [0.2, 0.25) is 0 Å². The molecule has 0 radical (unpaired) electrons. The van der Waals surface area contributed by atoms with Crippen LogP contribution in [-0.4, -0.2) is 36.3 Å². The van der Waals surface area contributed by atoms with Gasteiger partial charge in [-0.15, -0.1) is 5.10 Å². The van der Waals surface area contributed by atoms with Gasteiger partial charge in [0.15, 0.2) is 16.7 Å². The molecule has 21 heavy (non-hydrogen) atoms. The molecule has 106 valence electrons. The molecule has 2 heterocycles. The smallest absolute Gasteiger partial charge is 0.356 e. The van der Waals surface area contributed by atoms with E-state index in [1.807, 2.05) is 0 Å². The number of hydrogen-bond donors (Lipinski definition) is 2. The van der Waals surface area contributed by atoms with Crippen molar-refractivity contribution in [3.8, 4) is 0 Å². The highest BCUT2D eigenvalue weighted by Gasteiger charge is 2.17. The predicted octanol–water partition coefficient (Wildman–Crippen LogP) is 0.914. The Morgan fingerprint density at radius 1 is 1.29 bits per heavy atom. The summed E-state index contributed by atoms with van der Waals surface area (Å²) < 4.78 is 1.11. The van der Waals surface area contributed by atoms with Crippen molar-refractivity contribution in [2.24, 2.45) is 0 Å². The van der Waals surface area contributed by atoms with Gasteiger partial charge in [-0.25, -0.2) is 9.48 Å². The third-order valence-corrected chi connectivity index (χ3v) is 3.14. The Morgan fingerprint density at radius 3 is 2.67 bits per heavy atom. The summed E-state index contributed by atoms with van der Waals surface area (Å²) in [6.07, 6.45) is 0. The van der Waals surface area contributed by atoms with Crippen molar-refractivity contribution >= 4 is 28.6 Å². The first-order valence-electron chi connectivity index (χ1n) is 5.86. The van der Waals surface area contributed by atoms with Crippen molar-refractivity contribution in [1.29, 1.82) is 0 Å². The Bertz CT molecular complexity index is 884. The Labute approximate surface area is 122 Å². The second kappa shape index (κ2) is 4.98. The normalized spacial score (nSPS) is 10.9. The van der Waals surface area contributed by atoms with Crippen LogP contribution >= 0.6 is 11.6 Å². The molecule has 0 amide bonds. The highest BCUT2D eigenvalue weighted by molar-refractivity contribution is 6.30. The van der Waals surface area contributed by atoms with Crippen molar-refractivity contribution in [3.63, 3.8) is 0 Å². The average molecular weight is 306 g/mol. The number of carbonyl (C=O) groups is 1. The lowest BCUT2D eigenvalue weighted by Crippen LogP contribution is -2.25. The Morgan fingerprint density at radius 2 is 2.00 bits per heavy atom. The first-order chi connectivity index (χ1) is 10.1.